The minimum atomic E-state index is -0.458. The first kappa shape index (κ1) is 18.0. The minimum absolute atomic E-state index is 0.0367. The van der Waals surface area contributed by atoms with Crippen molar-refractivity contribution in [3.05, 3.63) is 64.2 Å². The number of thioether (sulfide) groups is 1. The number of halogens is 1. The highest BCUT2D eigenvalue weighted by atomic mass is 32.2. The Kier molecular flexibility index (Phi) is 4.74. The molecule has 0 bridgehead atoms. The van der Waals surface area contributed by atoms with Crippen LogP contribution in [0.15, 0.2) is 47.6 Å². The molecule has 11 heteroatoms. The van der Waals surface area contributed by atoms with Gasteiger partial charge in [0.1, 0.15) is 11.6 Å². The molecule has 9 nitrogen and oxygen atoms in total. The van der Waals surface area contributed by atoms with Gasteiger partial charge in [-0.1, -0.05) is 11.8 Å². The Bertz CT molecular complexity index is 1160. The number of non-ortho nitro benzene ring substituents is 1. The molecule has 0 saturated heterocycles. The van der Waals surface area contributed by atoms with E-state index >= 15 is 0 Å². The number of rotatable bonds is 6. The Morgan fingerprint density at radius 2 is 2.00 bits per heavy atom. The highest BCUT2D eigenvalue weighted by Crippen LogP contribution is 2.28. The van der Waals surface area contributed by atoms with Crippen LogP contribution in [-0.4, -0.2) is 34.7 Å². The van der Waals surface area contributed by atoms with Gasteiger partial charge in [0.25, 0.3) is 5.69 Å². The normalized spacial score (nSPS) is 11.2. The Labute approximate surface area is 162 Å². The van der Waals surface area contributed by atoms with E-state index in [1.165, 1.54) is 36.0 Å². The number of tetrazole rings is 1. The third kappa shape index (κ3) is 3.31. The van der Waals surface area contributed by atoms with Crippen molar-refractivity contribution in [2.24, 2.45) is 0 Å². The van der Waals surface area contributed by atoms with Crippen LogP contribution in [0, 0.1) is 15.9 Å². The third-order valence-electron chi connectivity index (χ3n) is 4.13. The summed E-state index contributed by atoms with van der Waals surface area (Å²) in [7, 11) is 0. The molecule has 0 saturated carbocycles. The quantitative estimate of drug-likeness (QED) is 0.278. The molecule has 0 radical (unpaired) electrons. The van der Waals surface area contributed by atoms with Crippen LogP contribution in [0.5, 0.6) is 0 Å². The van der Waals surface area contributed by atoms with Gasteiger partial charge >= 0.3 is 0 Å². The lowest BCUT2D eigenvalue weighted by Gasteiger charge is -2.09. The number of hydrogen-bond acceptors (Lipinski definition) is 7. The van der Waals surface area contributed by atoms with E-state index in [1.54, 1.807) is 22.9 Å². The zero-order valence-electron chi connectivity index (χ0n) is 14.7. The van der Waals surface area contributed by atoms with E-state index in [2.05, 4.69) is 20.5 Å². The number of aryl methyl sites for hydroxylation is 1. The second kappa shape index (κ2) is 7.35. The van der Waals surface area contributed by atoms with E-state index in [1.807, 2.05) is 11.5 Å². The van der Waals surface area contributed by atoms with Crippen LogP contribution >= 0.6 is 11.8 Å². The monoisotopic (exact) mass is 399 g/mol. The first-order valence-corrected chi connectivity index (χ1v) is 9.36. The molecule has 2 aromatic carbocycles. The van der Waals surface area contributed by atoms with Crippen LogP contribution in [0.4, 0.5) is 10.1 Å². The van der Waals surface area contributed by atoms with E-state index in [0.29, 0.717) is 40.0 Å². The van der Waals surface area contributed by atoms with Gasteiger partial charge in [0.05, 0.1) is 21.7 Å². The maximum absolute atomic E-state index is 13.4. The van der Waals surface area contributed by atoms with E-state index in [0.717, 1.165) is 0 Å². The average molecular weight is 399 g/mol. The Hall–Kier alpha value is -3.34. The van der Waals surface area contributed by atoms with Gasteiger partial charge < -0.3 is 0 Å². The zero-order chi connectivity index (χ0) is 19.7. The van der Waals surface area contributed by atoms with Crippen molar-refractivity contribution in [1.82, 2.24) is 29.8 Å². The third-order valence-corrected chi connectivity index (χ3v) is 5.09. The number of fused-ring (bicyclic) bond motifs is 1. The van der Waals surface area contributed by atoms with E-state index in [4.69, 9.17) is 0 Å². The lowest BCUT2D eigenvalue weighted by Crippen LogP contribution is -2.02. The summed E-state index contributed by atoms with van der Waals surface area (Å²) in [5.74, 6) is 0.736. The summed E-state index contributed by atoms with van der Waals surface area (Å²) >= 11 is 1.40. The second-order valence-corrected chi connectivity index (χ2v) is 6.78. The fourth-order valence-electron chi connectivity index (χ4n) is 2.83. The van der Waals surface area contributed by atoms with Crippen molar-refractivity contribution < 1.29 is 9.31 Å². The molecular formula is C17H14FN7O2S. The van der Waals surface area contributed by atoms with Gasteiger partial charge in [-0.25, -0.2) is 14.1 Å². The first-order chi connectivity index (χ1) is 13.6. The van der Waals surface area contributed by atoms with Gasteiger partial charge in [-0.15, -0.1) is 5.10 Å². The molecule has 0 aliphatic heterocycles. The Morgan fingerprint density at radius 3 is 2.71 bits per heavy atom. The smallest absolute Gasteiger partial charge is 0.271 e. The highest BCUT2D eigenvalue weighted by Gasteiger charge is 2.17. The predicted molar refractivity (Wildman–Crippen MR) is 101 cm³/mol. The zero-order valence-corrected chi connectivity index (χ0v) is 15.5. The number of nitro benzene ring substituents is 1. The molecular weight excluding hydrogens is 385 g/mol. The molecule has 2 heterocycles. The lowest BCUT2D eigenvalue weighted by atomic mass is 10.2. The standard InChI is InChI=1S/C17H14FN7O2S/c1-2-23-17(20-21-22-23)28-10-16-19-14-9-13(25(26)27)7-8-15(14)24(16)12-5-3-11(18)4-6-12/h3-9H,2,10H2,1H3. The summed E-state index contributed by atoms with van der Waals surface area (Å²) in [5, 5.41) is 23.3. The number of aromatic nitrogens is 6. The predicted octanol–water partition coefficient (Wildman–Crippen LogP) is 3.37. The summed E-state index contributed by atoms with van der Waals surface area (Å²) in [5.41, 5.74) is 1.86. The molecule has 4 aromatic rings. The molecule has 2 aromatic heterocycles. The molecule has 0 fully saturated rings. The van der Waals surface area contributed by atoms with Crippen LogP contribution in [0.3, 0.4) is 0 Å². The fourth-order valence-corrected chi connectivity index (χ4v) is 3.70. The molecule has 0 N–H and O–H groups in total. The van der Waals surface area contributed by atoms with Gasteiger partial charge in [0.15, 0.2) is 0 Å². The molecule has 0 aliphatic carbocycles. The minimum Gasteiger partial charge on any atom is -0.296 e. The largest absolute Gasteiger partial charge is 0.296 e. The molecule has 142 valence electrons. The van der Waals surface area contributed by atoms with Gasteiger partial charge in [-0.05, 0) is 47.7 Å². The maximum atomic E-state index is 13.4. The van der Waals surface area contributed by atoms with Crippen LogP contribution in [0.1, 0.15) is 12.7 Å². The van der Waals surface area contributed by atoms with Crippen LogP contribution in [0.2, 0.25) is 0 Å². The molecule has 0 amide bonds. The molecule has 0 atom stereocenters. The lowest BCUT2D eigenvalue weighted by molar-refractivity contribution is -0.384. The number of benzene rings is 2. The molecule has 4 rings (SSSR count). The summed E-state index contributed by atoms with van der Waals surface area (Å²) in [4.78, 5) is 15.2. The molecule has 28 heavy (non-hydrogen) atoms. The number of hydrogen-bond donors (Lipinski definition) is 0. The second-order valence-electron chi connectivity index (χ2n) is 5.84. The van der Waals surface area contributed by atoms with Crippen molar-refractivity contribution in [2.75, 3.05) is 0 Å². The topological polar surface area (TPSA) is 105 Å². The van der Waals surface area contributed by atoms with Gasteiger partial charge in [-0.2, -0.15) is 0 Å². The van der Waals surface area contributed by atoms with Crippen molar-refractivity contribution in [3.8, 4) is 5.69 Å². The summed E-state index contributed by atoms with van der Waals surface area (Å²) in [6, 6.07) is 10.5. The number of nitrogens with zero attached hydrogens (tertiary/aromatic N) is 7. The maximum Gasteiger partial charge on any atom is 0.271 e. The first-order valence-electron chi connectivity index (χ1n) is 8.37. The number of imidazole rings is 1. The van der Waals surface area contributed by atoms with Gasteiger partial charge in [0.2, 0.25) is 5.16 Å². The summed E-state index contributed by atoms with van der Waals surface area (Å²) in [6.07, 6.45) is 0. The van der Waals surface area contributed by atoms with E-state index in [9.17, 15) is 14.5 Å². The Morgan fingerprint density at radius 1 is 1.21 bits per heavy atom. The highest BCUT2D eigenvalue weighted by molar-refractivity contribution is 7.98. The van der Waals surface area contributed by atoms with Crippen LogP contribution in [-0.2, 0) is 12.3 Å². The van der Waals surface area contributed by atoms with E-state index in [-0.39, 0.29) is 11.5 Å². The average Bonchev–Trinajstić information content (AvgIpc) is 3.30. The number of nitro groups is 1. The van der Waals surface area contributed by atoms with Gasteiger partial charge in [-0.3, -0.25) is 14.7 Å². The Balaban J connectivity index is 1.79. The van der Waals surface area contributed by atoms with Crippen molar-refractivity contribution >= 4 is 28.5 Å². The van der Waals surface area contributed by atoms with E-state index < -0.39 is 4.92 Å². The van der Waals surface area contributed by atoms with Crippen LogP contribution in [0.25, 0.3) is 16.7 Å². The van der Waals surface area contributed by atoms with Gasteiger partial charge in [0, 0.05) is 24.4 Å². The van der Waals surface area contributed by atoms with Crippen molar-refractivity contribution in [2.45, 2.75) is 24.4 Å². The molecule has 0 unspecified atom stereocenters. The molecule has 0 spiro atoms. The van der Waals surface area contributed by atoms with Crippen molar-refractivity contribution in [3.63, 3.8) is 0 Å². The fraction of sp³-hybridized carbons (Fsp3) is 0.176. The van der Waals surface area contributed by atoms with Crippen molar-refractivity contribution in [1.29, 1.82) is 0 Å². The van der Waals surface area contributed by atoms with Crippen LogP contribution < -0.4 is 0 Å². The molecule has 0 aliphatic rings. The summed E-state index contributed by atoms with van der Waals surface area (Å²) in [6.45, 7) is 2.57. The SMILES string of the molecule is CCn1nnnc1SCc1nc2cc([N+](=O)[O-])ccc2n1-c1ccc(F)cc1. The summed E-state index contributed by atoms with van der Waals surface area (Å²) < 4.78 is 16.9.